The molecular formula is C18H14O. The van der Waals surface area contributed by atoms with E-state index in [-0.39, 0.29) is 6.61 Å². The Bertz CT molecular complexity index is 787. The molecule has 1 N–H and O–H groups in total. The highest BCUT2D eigenvalue weighted by Crippen LogP contribution is 2.38. The third-order valence-electron chi connectivity index (χ3n) is 4.00. The second-order valence-corrected chi connectivity index (χ2v) is 5.18. The molecule has 4 rings (SSSR count). The monoisotopic (exact) mass is 246 g/mol. The topological polar surface area (TPSA) is 20.2 Å². The van der Waals surface area contributed by atoms with Crippen molar-refractivity contribution in [1.82, 2.24) is 0 Å². The van der Waals surface area contributed by atoms with Gasteiger partial charge in [0.25, 0.3) is 0 Å². The van der Waals surface area contributed by atoms with Crippen molar-refractivity contribution >= 4 is 10.8 Å². The molecule has 0 saturated heterocycles. The van der Waals surface area contributed by atoms with Gasteiger partial charge in [-0.3, -0.25) is 0 Å². The summed E-state index contributed by atoms with van der Waals surface area (Å²) >= 11 is 0. The maximum Gasteiger partial charge on any atom is 0.0682 e. The molecule has 0 bridgehead atoms. The molecule has 3 aromatic rings. The van der Waals surface area contributed by atoms with Gasteiger partial charge in [-0.1, -0.05) is 42.5 Å². The summed E-state index contributed by atoms with van der Waals surface area (Å²) in [6, 6.07) is 19.3. The predicted molar refractivity (Wildman–Crippen MR) is 78.1 cm³/mol. The van der Waals surface area contributed by atoms with Gasteiger partial charge < -0.3 is 5.11 Å². The van der Waals surface area contributed by atoms with E-state index >= 15 is 0 Å². The summed E-state index contributed by atoms with van der Waals surface area (Å²) < 4.78 is 0. The van der Waals surface area contributed by atoms with Crippen molar-refractivity contribution in [2.75, 3.05) is 0 Å². The zero-order valence-corrected chi connectivity index (χ0v) is 10.6. The van der Waals surface area contributed by atoms with Crippen LogP contribution in [0.2, 0.25) is 0 Å². The molecule has 1 heteroatoms. The van der Waals surface area contributed by atoms with Crippen LogP contribution >= 0.6 is 0 Å². The van der Waals surface area contributed by atoms with E-state index < -0.39 is 0 Å². The Balaban J connectivity index is 1.98. The Labute approximate surface area is 112 Å². The molecule has 19 heavy (non-hydrogen) atoms. The normalized spacial score (nSPS) is 12.5. The molecule has 1 aliphatic carbocycles. The summed E-state index contributed by atoms with van der Waals surface area (Å²) in [5.41, 5.74) is 6.51. The summed E-state index contributed by atoms with van der Waals surface area (Å²) in [6.45, 7) is 0.104. The summed E-state index contributed by atoms with van der Waals surface area (Å²) in [4.78, 5) is 0. The van der Waals surface area contributed by atoms with Crippen LogP contribution in [0, 0.1) is 0 Å². The first kappa shape index (κ1) is 10.8. The Kier molecular flexibility index (Phi) is 2.23. The number of rotatable bonds is 1. The molecule has 0 fully saturated rings. The number of hydrogen-bond donors (Lipinski definition) is 1. The number of aliphatic hydroxyl groups is 1. The highest BCUT2D eigenvalue weighted by molar-refractivity contribution is 5.92. The maximum absolute atomic E-state index is 9.23. The van der Waals surface area contributed by atoms with E-state index in [1.807, 2.05) is 6.07 Å². The minimum Gasteiger partial charge on any atom is -0.392 e. The predicted octanol–water partition coefficient (Wildman–Crippen LogP) is 3.90. The zero-order chi connectivity index (χ0) is 12.8. The molecule has 1 nitrogen and oxygen atoms in total. The number of benzene rings is 3. The van der Waals surface area contributed by atoms with Crippen molar-refractivity contribution in [1.29, 1.82) is 0 Å². The van der Waals surface area contributed by atoms with Gasteiger partial charge in [0.15, 0.2) is 0 Å². The van der Waals surface area contributed by atoms with E-state index in [1.165, 1.54) is 33.0 Å². The fourth-order valence-electron chi connectivity index (χ4n) is 3.03. The molecule has 3 aromatic carbocycles. The summed E-state index contributed by atoms with van der Waals surface area (Å²) in [7, 11) is 0. The standard InChI is InChI=1S/C18H14O/c19-11-12-5-6-13-10-18-16(9-15(13)7-12)8-14-3-1-2-4-17(14)18/h1-7,9-10,19H,8,11H2. The van der Waals surface area contributed by atoms with E-state index in [0.717, 1.165) is 12.0 Å². The van der Waals surface area contributed by atoms with Crippen molar-refractivity contribution in [2.24, 2.45) is 0 Å². The third kappa shape index (κ3) is 1.59. The van der Waals surface area contributed by atoms with Crippen LogP contribution in [-0.2, 0) is 13.0 Å². The minimum absolute atomic E-state index is 0.104. The summed E-state index contributed by atoms with van der Waals surface area (Å²) in [5.74, 6) is 0. The Hall–Kier alpha value is -2.12. The summed E-state index contributed by atoms with van der Waals surface area (Å²) in [6.07, 6.45) is 1.02. The fourth-order valence-corrected chi connectivity index (χ4v) is 3.03. The van der Waals surface area contributed by atoms with E-state index in [4.69, 9.17) is 0 Å². The van der Waals surface area contributed by atoms with Gasteiger partial charge in [-0.25, -0.2) is 0 Å². The second kappa shape index (κ2) is 3.94. The van der Waals surface area contributed by atoms with Crippen molar-refractivity contribution in [3.63, 3.8) is 0 Å². The van der Waals surface area contributed by atoms with Crippen molar-refractivity contribution in [2.45, 2.75) is 13.0 Å². The quantitative estimate of drug-likeness (QED) is 0.540. The van der Waals surface area contributed by atoms with Gasteiger partial charge in [0.2, 0.25) is 0 Å². The number of fused-ring (bicyclic) bond motifs is 4. The van der Waals surface area contributed by atoms with Gasteiger partial charge in [0.05, 0.1) is 6.61 Å². The first-order chi connectivity index (χ1) is 9.35. The molecule has 92 valence electrons. The van der Waals surface area contributed by atoms with Crippen molar-refractivity contribution < 1.29 is 5.11 Å². The molecule has 0 spiro atoms. The van der Waals surface area contributed by atoms with Gasteiger partial charge >= 0.3 is 0 Å². The molecule has 0 atom stereocenters. The molecule has 0 aromatic heterocycles. The van der Waals surface area contributed by atoms with Crippen molar-refractivity contribution in [3.05, 3.63) is 71.3 Å². The maximum atomic E-state index is 9.23. The summed E-state index contributed by atoms with van der Waals surface area (Å²) in [5, 5.41) is 11.7. The second-order valence-electron chi connectivity index (χ2n) is 5.18. The van der Waals surface area contributed by atoms with Crippen LogP contribution in [0.3, 0.4) is 0 Å². The molecule has 0 amide bonds. The highest BCUT2D eigenvalue weighted by Gasteiger charge is 2.18. The fraction of sp³-hybridized carbons (Fsp3) is 0.111. The van der Waals surface area contributed by atoms with Crippen molar-refractivity contribution in [3.8, 4) is 11.1 Å². The highest BCUT2D eigenvalue weighted by atomic mass is 16.3. The first-order valence-corrected chi connectivity index (χ1v) is 6.60. The molecule has 0 saturated carbocycles. The van der Waals surface area contributed by atoms with Crippen LogP contribution in [0.25, 0.3) is 21.9 Å². The lowest BCUT2D eigenvalue weighted by Gasteiger charge is -2.06. The molecule has 0 radical (unpaired) electrons. The average molecular weight is 246 g/mol. The van der Waals surface area contributed by atoms with Gasteiger partial charge in [0.1, 0.15) is 0 Å². The molecule has 0 heterocycles. The molecule has 1 aliphatic rings. The Morgan fingerprint density at radius 3 is 2.58 bits per heavy atom. The number of aliphatic hydroxyl groups excluding tert-OH is 1. The molecule has 0 aliphatic heterocycles. The number of hydrogen-bond acceptors (Lipinski definition) is 1. The van der Waals surface area contributed by atoms with Gasteiger partial charge in [-0.2, -0.15) is 0 Å². The first-order valence-electron chi connectivity index (χ1n) is 6.60. The molecule has 0 unspecified atom stereocenters. The lowest BCUT2D eigenvalue weighted by atomic mass is 9.99. The zero-order valence-electron chi connectivity index (χ0n) is 10.6. The van der Waals surface area contributed by atoms with Gasteiger partial charge in [-0.05, 0) is 57.1 Å². The Morgan fingerprint density at radius 2 is 1.68 bits per heavy atom. The van der Waals surface area contributed by atoms with Crippen LogP contribution in [0.5, 0.6) is 0 Å². The van der Waals surface area contributed by atoms with E-state index in [9.17, 15) is 5.11 Å². The lowest BCUT2D eigenvalue weighted by molar-refractivity contribution is 0.282. The van der Waals surface area contributed by atoms with Gasteiger partial charge in [0, 0.05) is 0 Å². The van der Waals surface area contributed by atoms with E-state index in [2.05, 4.69) is 48.5 Å². The van der Waals surface area contributed by atoms with E-state index in [1.54, 1.807) is 0 Å². The van der Waals surface area contributed by atoms with Crippen LogP contribution < -0.4 is 0 Å². The van der Waals surface area contributed by atoms with Crippen LogP contribution in [0.15, 0.2) is 54.6 Å². The lowest BCUT2D eigenvalue weighted by Crippen LogP contribution is -1.85. The minimum atomic E-state index is 0.104. The third-order valence-corrected chi connectivity index (χ3v) is 4.00. The molecular weight excluding hydrogens is 232 g/mol. The SMILES string of the molecule is OCc1ccc2cc3c(cc2c1)Cc1ccccc1-3. The van der Waals surface area contributed by atoms with Crippen LogP contribution in [-0.4, -0.2) is 5.11 Å². The van der Waals surface area contributed by atoms with Crippen LogP contribution in [0.4, 0.5) is 0 Å². The average Bonchev–Trinajstić information content (AvgIpc) is 2.81. The van der Waals surface area contributed by atoms with Gasteiger partial charge in [-0.15, -0.1) is 0 Å². The van der Waals surface area contributed by atoms with E-state index in [0.29, 0.717) is 0 Å². The Morgan fingerprint density at radius 1 is 0.789 bits per heavy atom. The van der Waals surface area contributed by atoms with Crippen LogP contribution in [0.1, 0.15) is 16.7 Å². The largest absolute Gasteiger partial charge is 0.392 e. The smallest absolute Gasteiger partial charge is 0.0682 e.